The van der Waals surface area contributed by atoms with Crippen LogP contribution in [0.1, 0.15) is 45.6 Å². The summed E-state index contributed by atoms with van der Waals surface area (Å²) in [6.45, 7) is 7.11. The van der Waals surface area contributed by atoms with Crippen LogP contribution in [0.25, 0.3) is 0 Å². The minimum atomic E-state index is 0.226. The van der Waals surface area contributed by atoms with Crippen LogP contribution < -0.4 is 10.2 Å². The van der Waals surface area contributed by atoms with Crippen molar-refractivity contribution in [2.24, 2.45) is 5.92 Å². The number of nitrogens with one attached hydrogen (secondary N) is 1. The second kappa shape index (κ2) is 8.21. The summed E-state index contributed by atoms with van der Waals surface area (Å²) < 4.78 is 7.94. The molecular weight excluding hydrogens is 342 g/mol. The van der Waals surface area contributed by atoms with Gasteiger partial charge in [0.05, 0.1) is 18.2 Å². The molecule has 3 atom stereocenters. The zero-order chi connectivity index (χ0) is 18.6. The van der Waals surface area contributed by atoms with Gasteiger partial charge in [-0.2, -0.15) is 10.1 Å². The molecule has 0 bridgehead atoms. The molecule has 4 rings (SSSR count). The fourth-order valence-electron chi connectivity index (χ4n) is 4.14. The molecule has 0 unspecified atom stereocenters. The summed E-state index contributed by atoms with van der Waals surface area (Å²) in [5.41, 5.74) is 0. The fraction of sp³-hybridized carbons (Fsp3) is 0.684. The minimum Gasteiger partial charge on any atom is -0.376 e. The lowest BCUT2D eigenvalue weighted by molar-refractivity contribution is -0.0203. The first-order valence-electron chi connectivity index (χ1n) is 10.0. The molecule has 1 N–H and O–H groups in total. The van der Waals surface area contributed by atoms with Crippen LogP contribution in [0.5, 0.6) is 0 Å². The van der Waals surface area contributed by atoms with Gasteiger partial charge in [-0.15, -0.1) is 0 Å². The van der Waals surface area contributed by atoms with Crippen LogP contribution in [0.4, 0.5) is 11.8 Å². The quantitative estimate of drug-likeness (QED) is 0.865. The minimum absolute atomic E-state index is 0.226. The Morgan fingerprint density at radius 1 is 1.26 bits per heavy atom. The highest BCUT2D eigenvalue weighted by Crippen LogP contribution is 2.26. The maximum Gasteiger partial charge on any atom is 0.227 e. The molecule has 2 aliphatic heterocycles. The first kappa shape index (κ1) is 18.2. The predicted octanol–water partition coefficient (Wildman–Crippen LogP) is 2.53. The van der Waals surface area contributed by atoms with Gasteiger partial charge in [0, 0.05) is 25.9 Å². The van der Waals surface area contributed by atoms with Crippen molar-refractivity contribution in [2.75, 3.05) is 29.9 Å². The number of hydrogen-bond donors (Lipinski definition) is 1. The fourth-order valence-corrected chi connectivity index (χ4v) is 4.14. The number of rotatable bonds is 5. The molecule has 2 aromatic heterocycles. The van der Waals surface area contributed by atoms with Gasteiger partial charge in [0.2, 0.25) is 5.95 Å². The zero-order valence-corrected chi connectivity index (χ0v) is 16.2. The highest BCUT2D eigenvalue weighted by atomic mass is 16.5. The van der Waals surface area contributed by atoms with E-state index in [1.807, 2.05) is 16.9 Å². The van der Waals surface area contributed by atoms with Crippen LogP contribution in [-0.2, 0) is 4.74 Å². The van der Waals surface area contributed by atoms with Crippen LogP contribution in [0, 0.1) is 5.92 Å². The van der Waals surface area contributed by atoms with E-state index in [0.717, 1.165) is 57.1 Å². The molecule has 0 radical (unpaired) electrons. The van der Waals surface area contributed by atoms with Gasteiger partial charge in [-0.1, -0.05) is 13.8 Å². The van der Waals surface area contributed by atoms with E-state index in [1.54, 1.807) is 12.7 Å². The van der Waals surface area contributed by atoms with Gasteiger partial charge in [0.25, 0.3) is 0 Å². The normalized spacial score (nSPS) is 26.3. The number of piperidine rings is 1. The Morgan fingerprint density at radius 2 is 2.19 bits per heavy atom. The molecule has 27 heavy (non-hydrogen) atoms. The molecule has 2 aromatic rings. The Kier molecular flexibility index (Phi) is 5.52. The molecule has 0 aromatic carbocycles. The first-order valence-corrected chi connectivity index (χ1v) is 10.0. The molecular formula is C19H29N7O. The topological polar surface area (TPSA) is 81.0 Å². The Bertz CT molecular complexity index is 721. The maximum absolute atomic E-state index is 5.99. The van der Waals surface area contributed by atoms with Crippen molar-refractivity contribution in [1.29, 1.82) is 0 Å². The molecule has 2 saturated heterocycles. The van der Waals surface area contributed by atoms with E-state index in [-0.39, 0.29) is 6.10 Å². The number of hydrogen-bond acceptors (Lipinski definition) is 7. The summed E-state index contributed by atoms with van der Waals surface area (Å²) in [6.07, 6.45) is 9.86. The third-order valence-corrected chi connectivity index (χ3v) is 5.49. The van der Waals surface area contributed by atoms with Crippen molar-refractivity contribution in [1.82, 2.24) is 24.7 Å². The average molecular weight is 371 g/mol. The monoisotopic (exact) mass is 371 g/mol. The van der Waals surface area contributed by atoms with Gasteiger partial charge in [0.1, 0.15) is 18.5 Å². The largest absolute Gasteiger partial charge is 0.376 e. The van der Waals surface area contributed by atoms with E-state index in [2.05, 4.69) is 39.1 Å². The Morgan fingerprint density at radius 3 is 3.00 bits per heavy atom. The molecule has 4 heterocycles. The lowest BCUT2D eigenvalue weighted by atomic mass is 9.94. The maximum atomic E-state index is 5.99. The zero-order valence-electron chi connectivity index (χ0n) is 16.2. The second-order valence-electron chi connectivity index (χ2n) is 7.83. The molecule has 8 heteroatoms. The van der Waals surface area contributed by atoms with Gasteiger partial charge < -0.3 is 15.0 Å². The van der Waals surface area contributed by atoms with Gasteiger partial charge >= 0.3 is 0 Å². The van der Waals surface area contributed by atoms with Crippen molar-refractivity contribution in [3.05, 3.63) is 24.9 Å². The van der Waals surface area contributed by atoms with Crippen LogP contribution in [0.2, 0.25) is 0 Å². The van der Waals surface area contributed by atoms with Crippen molar-refractivity contribution in [2.45, 2.75) is 57.7 Å². The molecule has 8 nitrogen and oxygen atoms in total. The SMILES string of the molecule is CC(C)[C@@H]1OCCC[C@H]1Nc1ccnc(N2CCC[C@@H](n3cncn3)C2)n1. The molecule has 0 saturated carbocycles. The molecule has 146 valence electrons. The molecule has 2 aliphatic rings. The summed E-state index contributed by atoms with van der Waals surface area (Å²) in [7, 11) is 0. The molecule has 0 amide bonds. The summed E-state index contributed by atoms with van der Waals surface area (Å²) >= 11 is 0. The molecule has 0 spiro atoms. The van der Waals surface area contributed by atoms with Crippen LogP contribution in [-0.4, -0.2) is 56.6 Å². The van der Waals surface area contributed by atoms with E-state index in [0.29, 0.717) is 18.0 Å². The van der Waals surface area contributed by atoms with Crippen molar-refractivity contribution < 1.29 is 4.74 Å². The summed E-state index contributed by atoms with van der Waals surface area (Å²) in [5.74, 6) is 2.14. The van der Waals surface area contributed by atoms with E-state index < -0.39 is 0 Å². The lowest BCUT2D eigenvalue weighted by Gasteiger charge is -2.35. The Balaban J connectivity index is 1.45. The third-order valence-electron chi connectivity index (χ3n) is 5.49. The Hall–Kier alpha value is -2.22. The van der Waals surface area contributed by atoms with Crippen LogP contribution >= 0.6 is 0 Å². The highest BCUT2D eigenvalue weighted by Gasteiger charge is 2.29. The summed E-state index contributed by atoms with van der Waals surface area (Å²) in [5, 5.41) is 7.90. The number of aromatic nitrogens is 5. The second-order valence-corrected chi connectivity index (χ2v) is 7.83. The van der Waals surface area contributed by atoms with Gasteiger partial charge in [0.15, 0.2) is 0 Å². The predicted molar refractivity (Wildman–Crippen MR) is 104 cm³/mol. The van der Waals surface area contributed by atoms with Crippen LogP contribution in [0.15, 0.2) is 24.9 Å². The van der Waals surface area contributed by atoms with Crippen molar-refractivity contribution in [3.8, 4) is 0 Å². The van der Waals surface area contributed by atoms with E-state index in [4.69, 9.17) is 9.72 Å². The van der Waals surface area contributed by atoms with E-state index >= 15 is 0 Å². The van der Waals surface area contributed by atoms with E-state index in [9.17, 15) is 0 Å². The summed E-state index contributed by atoms with van der Waals surface area (Å²) in [4.78, 5) is 15.7. The lowest BCUT2D eigenvalue weighted by Crippen LogP contribution is -2.43. The highest BCUT2D eigenvalue weighted by molar-refractivity contribution is 5.42. The molecule has 2 fully saturated rings. The van der Waals surface area contributed by atoms with Crippen molar-refractivity contribution in [3.63, 3.8) is 0 Å². The number of anilines is 2. The van der Waals surface area contributed by atoms with Crippen LogP contribution in [0.3, 0.4) is 0 Å². The number of nitrogens with zero attached hydrogens (tertiary/aromatic N) is 6. The Labute approximate surface area is 160 Å². The smallest absolute Gasteiger partial charge is 0.227 e. The number of ether oxygens (including phenoxy) is 1. The standard InChI is InChI=1S/C19H29N7O/c1-14(2)18-16(6-4-10-27-18)23-17-7-8-21-19(24-17)25-9-3-5-15(11-25)26-13-20-12-22-26/h7-8,12-16,18H,3-6,9-11H2,1-2H3,(H,21,23,24)/t15-,16-,18+/m1/s1. The van der Waals surface area contributed by atoms with Gasteiger partial charge in [-0.05, 0) is 37.7 Å². The van der Waals surface area contributed by atoms with Gasteiger partial charge in [-0.25, -0.2) is 14.6 Å². The van der Waals surface area contributed by atoms with E-state index in [1.165, 1.54) is 0 Å². The first-order chi connectivity index (χ1) is 13.2. The third kappa shape index (κ3) is 4.21. The average Bonchev–Trinajstić information content (AvgIpc) is 3.23. The van der Waals surface area contributed by atoms with Gasteiger partial charge in [-0.3, -0.25) is 0 Å². The summed E-state index contributed by atoms with van der Waals surface area (Å²) in [6, 6.07) is 2.57. The molecule has 0 aliphatic carbocycles. The van der Waals surface area contributed by atoms with Crippen molar-refractivity contribution >= 4 is 11.8 Å².